The van der Waals surface area contributed by atoms with Crippen LogP contribution in [0.15, 0.2) is 66.0 Å². The average molecular weight is 473 g/mol. The molecule has 0 aliphatic carbocycles. The highest BCUT2D eigenvalue weighted by Gasteiger charge is 2.45. The number of carbonyl (C=O) groups is 3. The van der Waals surface area contributed by atoms with E-state index in [4.69, 9.17) is 4.74 Å². The number of Topliss-reactive ketones (excluding diaryl/α,β-unsaturated/α-hetero) is 1. The van der Waals surface area contributed by atoms with Crippen LogP contribution in [-0.4, -0.2) is 56.4 Å². The van der Waals surface area contributed by atoms with Crippen LogP contribution in [0.3, 0.4) is 0 Å². The summed E-state index contributed by atoms with van der Waals surface area (Å²) in [5.74, 6) is -0.667. The first-order valence-corrected chi connectivity index (χ1v) is 11.5. The van der Waals surface area contributed by atoms with Gasteiger partial charge in [-0.05, 0) is 30.5 Å². The Morgan fingerprint density at radius 3 is 2.00 bits per heavy atom. The third-order valence-electron chi connectivity index (χ3n) is 6.97. The molecule has 0 radical (unpaired) electrons. The molecule has 4 rings (SSSR count). The summed E-state index contributed by atoms with van der Waals surface area (Å²) < 4.78 is 5.57. The zero-order valence-corrected chi connectivity index (χ0v) is 20.2. The quantitative estimate of drug-likeness (QED) is 0.375. The van der Waals surface area contributed by atoms with Crippen molar-refractivity contribution in [1.82, 2.24) is 4.90 Å². The number of nitriles is 1. The van der Waals surface area contributed by atoms with E-state index < -0.39 is 23.8 Å². The second kappa shape index (κ2) is 9.63. The predicted molar refractivity (Wildman–Crippen MR) is 131 cm³/mol. The Labute approximate surface area is 205 Å². The number of ketones is 1. The second-order valence-electron chi connectivity index (χ2n) is 8.87. The lowest BCUT2D eigenvalue weighted by Gasteiger charge is -2.40. The number of nitrogens with zero attached hydrogens (tertiary/aromatic N) is 4. The minimum absolute atomic E-state index is 0.0358. The topological polar surface area (TPSA) is 93.9 Å². The second-order valence-corrected chi connectivity index (χ2v) is 8.87. The molecule has 2 aromatic carbocycles. The van der Waals surface area contributed by atoms with Gasteiger partial charge in [-0.1, -0.05) is 42.5 Å². The highest BCUT2D eigenvalue weighted by atomic mass is 16.5. The van der Waals surface area contributed by atoms with Crippen molar-refractivity contribution in [3.8, 4) is 6.07 Å². The van der Waals surface area contributed by atoms with Crippen molar-refractivity contribution < 1.29 is 19.1 Å². The molecule has 2 heterocycles. The maximum absolute atomic E-state index is 13.4. The zero-order valence-electron chi connectivity index (χ0n) is 20.2. The predicted octanol–water partition coefficient (Wildman–Crippen LogP) is 3.00. The maximum Gasteiger partial charge on any atom is 0.317 e. The van der Waals surface area contributed by atoms with E-state index >= 15 is 0 Å². The number of hydrogen-bond acceptors (Lipinski definition) is 7. The van der Waals surface area contributed by atoms with Gasteiger partial charge in [0.2, 0.25) is 11.7 Å². The summed E-state index contributed by atoms with van der Waals surface area (Å²) in [6, 6.07) is 18.9. The third-order valence-corrected chi connectivity index (χ3v) is 6.97. The summed E-state index contributed by atoms with van der Waals surface area (Å²) in [4.78, 5) is 43.7. The lowest BCUT2D eigenvalue weighted by molar-refractivity contribution is -0.156. The Morgan fingerprint density at radius 1 is 0.943 bits per heavy atom. The van der Waals surface area contributed by atoms with Crippen LogP contribution in [0.25, 0.3) is 0 Å². The maximum atomic E-state index is 13.4. The van der Waals surface area contributed by atoms with Crippen LogP contribution in [-0.2, 0) is 24.5 Å². The van der Waals surface area contributed by atoms with E-state index in [1.807, 2.05) is 60.7 Å². The average Bonchev–Trinajstić information content (AvgIpc) is 3.13. The number of likely N-dealkylation sites (tertiary alicyclic amines) is 1. The SMILES string of the molecule is CC(=O)N1CCC(C(=O)OCC(=O)C(C#N)=C2N(C)c3ccccc3N2C)(c2ccccc2)CC1. The van der Waals surface area contributed by atoms with Gasteiger partial charge in [-0.25, -0.2) is 0 Å². The Balaban J connectivity index is 1.55. The standard InChI is InChI=1S/C27H28N4O4/c1-19(32)31-15-13-27(14-16-31,20-9-5-4-6-10-20)26(34)35-18-24(33)21(17-28)25-29(2)22-11-7-8-12-23(22)30(25)3/h4-12H,13-16,18H2,1-3H3. The molecule has 180 valence electrons. The largest absolute Gasteiger partial charge is 0.457 e. The molecule has 2 aliphatic heterocycles. The number of amides is 1. The van der Waals surface area contributed by atoms with Gasteiger partial charge >= 0.3 is 5.97 Å². The van der Waals surface area contributed by atoms with E-state index in [1.54, 1.807) is 28.8 Å². The summed E-state index contributed by atoms with van der Waals surface area (Å²) >= 11 is 0. The minimum atomic E-state index is -0.954. The molecule has 1 fully saturated rings. The van der Waals surface area contributed by atoms with E-state index in [2.05, 4.69) is 0 Å². The van der Waals surface area contributed by atoms with Gasteiger partial charge in [0.15, 0.2) is 6.61 Å². The smallest absolute Gasteiger partial charge is 0.317 e. The lowest BCUT2D eigenvalue weighted by Crippen LogP contribution is -2.49. The van der Waals surface area contributed by atoms with Crippen LogP contribution in [0.5, 0.6) is 0 Å². The van der Waals surface area contributed by atoms with E-state index in [0.717, 1.165) is 16.9 Å². The summed E-state index contributed by atoms with van der Waals surface area (Å²) in [6.07, 6.45) is 0.799. The molecular formula is C27H28N4O4. The van der Waals surface area contributed by atoms with Gasteiger partial charge in [0.1, 0.15) is 17.5 Å². The fourth-order valence-electron chi connectivity index (χ4n) is 4.97. The Kier molecular flexibility index (Phi) is 6.61. The van der Waals surface area contributed by atoms with Crippen molar-refractivity contribution in [3.05, 3.63) is 71.6 Å². The van der Waals surface area contributed by atoms with Gasteiger partial charge in [-0.15, -0.1) is 0 Å². The Morgan fingerprint density at radius 2 is 1.49 bits per heavy atom. The van der Waals surface area contributed by atoms with Crippen LogP contribution < -0.4 is 9.80 Å². The van der Waals surface area contributed by atoms with Gasteiger partial charge in [0, 0.05) is 34.1 Å². The molecule has 1 amide bonds. The number of benzene rings is 2. The molecule has 0 bridgehead atoms. The van der Waals surface area contributed by atoms with Crippen molar-refractivity contribution in [2.45, 2.75) is 25.2 Å². The van der Waals surface area contributed by atoms with Crippen molar-refractivity contribution in [2.24, 2.45) is 0 Å². The van der Waals surface area contributed by atoms with Crippen molar-refractivity contribution >= 4 is 29.0 Å². The fraction of sp³-hybridized carbons (Fsp3) is 0.333. The van der Waals surface area contributed by atoms with E-state index in [-0.39, 0.29) is 11.5 Å². The molecule has 0 spiro atoms. The van der Waals surface area contributed by atoms with Crippen LogP contribution in [0.2, 0.25) is 0 Å². The fourth-order valence-corrected chi connectivity index (χ4v) is 4.97. The number of hydrogen-bond donors (Lipinski definition) is 0. The molecule has 8 nitrogen and oxygen atoms in total. The molecule has 1 saturated heterocycles. The molecule has 0 aromatic heterocycles. The first-order valence-electron chi connectivity index (χ1n) is 11.5. The molecule has 8 heteroatoms. The first-order chi connectivity index (χ1) is 16.8. The number of rotatable bonds is 5. The van der Waals surface area contributed by atoms with Crippen molar-refractivity contribution in [1.29, 1.82) is 5.26 Å². The van der Waals surface area contributed by atoms with Gasteiger partial charge in [0.05, 0.1) is 16.8 Å². The molecule has 0 unspecified atom stereocenters. The monoisotopic (exact) mass is 472 g/mol. The summed E-state index contributed by atoms with van der Waals surface area (Å²) in [5, 5.41) is 9.84. The number of anilines is 2. The molecule has 35 heavy (non-hydrogen) atoms. The normalized spacial score (nSPS) is 16.4. The van der Waals surface area contributed by atoms with Crippen molar-refractivity contribution in [2.75, 3.05) is 43.6 Å². The highest BCUT2D eigenvalue weighted by Crippen LogP contribution is 2.41. The Bertz CT molecular complexity index is 1190. The molecule has 2 aromatic rings. The van der Waals surface area contributed by atoms with Crippen LogP contribution >= 0.6 is 0 Å². The number of fused-ring (bicyclic) bond motifs is 1. The van der Waals surface area contributed by atoms with E-state index in [9.17, 15) is 19.6 Å². The molecule has 0 saturated carbocycles. The number of piperidine rings is 1. The van der Waals surface area contributed by atoms with Crippen LogP contribution in [0, 0.1) is 11.3 Å². The molecule has 0 N–H and O–H groups in total. The van der Waals surface area contributed by atoms with Gasteiger partial charge in [-0.3, -0.25) is 14.4 Å². The molecule has 0 atom stereocenters. The van der Waals surface area contributed by atoms with E-state index in [1.165, 1.54) is 6.92 Å². The third kappa shape index (κ3) is 4.26. The first kappa shape index (κ1) is 24.0. The van der Waals surface area contributed by atoms with Gasteiger partial charge in [-0.2, -0.15) is 5.26 Å². The number of para-hydroxylation sites is 2. The number of esters is 1. The van der Waals surface area contributed by atoms with E-state index in [0.29, 0.717) is 31.8 Å². The van der Waals surface area contributed by atoms with Crippen LogP contribution in [0.4, 0.5) is 11.4 Å². The van der Waals surface area contributed by atoms with Crippen molar-refractivity contribution in [3.63, 3.8) is 0 Å². The zero-order chi connectivity index (χ0) is 25.2. The molecular weight excluding hydrogens is 444 g/mol. The molecule has 2 aliphatic rings. The lowest BCUT2D eigenvalue weighted by atomic mass is 9.72. The minimum Gasteiger partial charge on any atom is -0.457 e. The summed E-state index contributed by atoms with van der Waals surface area (Å²) in [5.41, 5.74) is 1.53. The van der Waals surface area contributed by atoms with Gasteiger partial charge in [0.25, 0.3) is 0 Å². The van der Waals surface area contributed by atoms with Gasteiger partial charge < -0.3 is 19.4 Å². The Hall–Kier alpha value is -4.12. The van der Waals surface area contributed by atoms with Crippen LogP contribution in [0.1, 0.15) is 25.3 Å². The number of ether oxygens (including phenoxy) is 1. The summed E-state index contributed by atoms with van der Waals surface area (Å²) in [7, 11) is 3.59. The summed E-state index contributed by atoms with van der Waals surface area (Å²) in [6.45, 7) is 1.83. The number of carbonyl (C=O) groups excluding carboxylic acids is 3. The highest BCUT2D eigenvalue weighted by molar-refractivity contribution is 6.04.